The van der Waals surface area contributed by atoms with Crippen LogP contribution in [0.4, 0.5) is 0 Å². The van der Waals surface area contributed by atoms with Gasteiger partial charge in [-0.25, -0.2) is 0 Å². The number of ether oxygens (including phenoxy) is 1. The summed E-state index contributed by atoms with van der Waals surface area (Å²) >= 11 is 5.94. The van der Waals surface area contributed by atoms with Gasteiger partial charge in [0.25, 0.3) is 5.89 Å². The molecule has 0 radical (unpaired) electrons. The standard InChI is InChI=1S/C9H15ClN2O2/c1-3-5-13-6-8-11-9(12-14-8)7(10)4-2/h7H,3-6H2,1-2H3. The summed E-state index contributed by atoms with van der Waals surface area (Å²) in [7, 11) is 0. The molecule has 0 aromatic carbocycles. The van der Waals surface area contributed by atoms with E-state index in [1.165, 1.54) is 0 Å². The molecule has 1 unspecified atom stereocenters. The second-order valence-electron chi connectivity index (χ2n) is 2.97. The monoisotopic (exact) mass is 218 g/mol. The summed E-state index contributed by atoms with van der Waals surface area (Å²) in [6.07, 6.45) is 1.77. The lowest BCUT2D eigenvalue weighted by Crippen LogP contribution is -1.95. The van der Waals surface area contributed by atoms with Gasteiger partial charge in [-0.15, -0.1) is 11.6 Å². The van der Waals surface area contributed by atoms with Crippen molar-refractivity contribution in [3.05, 3.63) is 11.7 Å². The highest BCUT2D eigenvalue weighted by atomic mass is 35.5. The van der Waals surface area contributed by atoms with Gasteiger partial charge in [0, 0.05) is 6.61 Å². The quantitative estimate of drug-likeness (QED) is 0.544. The zero-order chi connectivity index (χ0) is 10.4. The van der Waals surface area contributed by atoms with Crippen LogP contribution in [0.15, 0.2) is 4.52 Å². The van der Waals surface area contributed by atoms with Crippen LogP contribution >= 0.6 is 11.6 Å². The van der Waals surface area contributed by atoms with Gasteiger partial charge in [-0.3, -0.25) is 0 Å². The van der Waals surface area contributed by atoms with E-state index < -0.39 is 0 Å². The number of rotatable bonds is 6. The van der Waals surface area contributed by atoms with E-state index in [0.717, 1.165) is 12.8 Å². The van der Waals surface area contributed by atoms with E-state index >= 15 is 0 Å². The van der Waals surface area contributed by atoms with E-state index in [-0.39, 0.29) is 5.38 Å². The fourth-order valence-corrected chi connectivity index (χ4v) is 1.03. The summed E-state index contributed by atoms with van der Waals surface area (Å²) in [6, 6.07) is 0. The summed E-state index contributed by atoms with van der Waals surface area (Å²) in [6.45, 7) is 5.09. The van der Waals surface area contributed by atoms with E-state index in [1.54, 1.807) is 0 Å². The number of alkyl halides is 1. The van der Waals surface area contributed by atoms with Crippen molar-refractivity contribution >= 4 is 11.6 Å². The molecule has 0 aliphatic carbocycles. The molecule has 1 atom stereocenters. The van der Waals surface area contributed by atoms with Crippen LogP contribution in [0.5, 0.6) is 0 Å². The third-order valence-electron chi connectivity index (χ3n) is 1.70. The van der Waals surface area contributed by atoms with Crippen LogP contribution in [0.3, 0.4) is 0 Å². The Labute approximate surface area is 88.6 Å². The lowest BCUT2D eigenvalue weighted by atomic mass is 10.3. The van der Waals surface area contributed by atoms with Crippen LogP contribution in [0.2, 0.25) is 0 Å². The van der Waals surface area contributed by atoms with Gasteiger partial charge in [-0.05, 0) is 12.8 Å². The number of aromatic nitrogens is 2. The molecule has 14 heavy (non-hydrogen) atoms. The fourth-order valence-electron chi connectivity index (χ4n) is 0.940. The SMILES string of the molecule is CCCOCc1nc(C(Cl)CC)no1. The molecule has 1 rings (SSSR count). The predicted octanol–water partition coefficient (Wildman–Crippen LogP) is 2.69. The topological polar surface area (TPSA) is 48.2 Å². The van der Waals surface area contributed by atoms with Crippen LogP contribution in [0.25, 0.3) is 0 Å². The molecule has 0 saturated heterocycles. The summed E-state index contributed by atoms with van der Waals surface area (Å²) in [5, 5.41) is 3.60. The summed E-state index contributed by atoms with van der Waals surface area (Å²) in [5.41, 5.74) is 0. The van der Waals surface area contributed by atoms with Crippen molar-refractivity contribution in [2.75, 3.05) is 6.61 Å². The van der Waals surface area contributed by atoms with Crippen LogP contribution in [0, 0.1) is 0 Å². The molecule has 0 aliphatic heterocycles. The van der Waals surface area contributed by atoms with Gasteiger partial charge in [0.15, 0.2) is 5.82 Å². The van der Waals surface area contributed by atoms with Crippen molar-refractivity contribution in [3.63, 3.8) is 0 Å². The molecule has 0 fully saturated rings. The molecule has 0 N–H and O–H groups in total. The predicted molar refractivity (Wildman–Crippen MR) is 53.1 cm³/mol. The van der Waals surface area contributed by atoms with Gasteiger partial charge >= 0.3 is 0 Å². The first-order valence-corrected chi connectivity index (χ1v) is 5.25. The largest absolute Gasteiger partial charge is 0.372 e. The summed E-state index contributed by atoms with van der Waals surface area (Å²) in [5.74, 6) is 1.04. The first kappa shape index (κ1) is 11.5. The minimum atomic E-state index is -0.168. The second-order valence-corrected chi connectivity index (χ2v) is 3.50. The lowest BCUT2D eigenvalue weighted by Gasteiger charge is -1.97. The van der Waals surface area contributed by atoms with Gasteiger partial charge in [0.1, 0.15) is 6.61 Å². The van der Waals surface area contributed by atoms with Crippen LogP contribution in [-0.4, -0.2) is 16.7 Å². The van der Waals surface area contributed by atoms with Crippen molar-refractivity contribution in [2.24, 2.45) is 0 Å². The zero-order valence-electron chi connectivity index (χ0n) is 8.49. The van der Waals surface area contributed by atoms with Gasteiger partial charge in [-0.2, -0.15) is 4.98 Å². The Morgan fingerprint density at radius 1 is 1.50 bits per heavy atom. The molecule has 4 nitrogen and oxygen atoms in total. The first-order chi connectivity index (χ1) is 6.77. The highest BCUT2D eigenvalue weighted by molar-refractivity contribution is 6.20. The van der Waals surface area contributed by atoms with E-state index in [1.807, 2.05) is 13.8 Å². The smallest absolute Gasteiger partial charge is 0.252 e. The Balaban J connectivity index is 2.42. The minimum Gasteiger partial charge on any atom is -0.372 e. The molecule has 1 heterocycles. The van der Waals surface area contributed by atoms with Crippen LogP contribution in [-0.2, 0) is 11.3 Å². The van der Waals surface area contributed by atoms with Crippen LogP contribution in [0.1, 0.15) is 43.8 Å². The fraction of sp³-hybridized carbons (Fsp3) is 0.778. The van der Waals surface area contributed by atoms with E-state index in [0.29, 0.717) is 24.9 Å². The van der Waals surface area contributed by atoms with Gasteiger partial charge in [-0.1, -0.05) is 19.0 Å². The zero-order valence-corrected chi connectivity index (χ0v) is 9.25. The average Bonchev–Trinajstić information content (AvgIpc) is 2.66. The molecule has 0 bridgehead atoms. The third kappa shape index (κ3) is 3.27. The van der Waals surface area contributed by atoms with Gasteiger partial charge < -0.3 is 9.26 Å². The Morgan fingerprint density at radius 3 is 2.93 bits per heavy atom. The van der Waals surface area contributed by atoms with Crippen molar-refractivity contribution in [3.8, 4) is 0 Å². The van der Waals surface area contributed by atoms with E-state index in [9.17, 15) is 0 Å². The molecule has 0 aliphatic rings. The number of hydrogen-bond donors (Lipinski definition) is 0. The second kappa shape index (κ2) is 5.98. The van der Waals surface area contributed by atoms with Crippen molar-refractivity contribution in [2.45, 2.75) is 38.7 Å². The number of hydrogen-bond acceptors (Lipinski definition) is 4. The molecular formula is C9H15ClN2O2. The van der Waals surface area contributed by atoms with Gasteiger partial charge in [0.2, 0.25) is 0 Å². The maximum Gasteiger partial charge on any atom is 0.252 e. The first-order valence-electron chi connectivity index (χ1n) is 4.82. The van der Waals surface area contributed by atoms with Crippen LogP contribution < -0.4 is 0 Å². The van der Waals surface area contributed by atoms with Gasteiger partial charge in [0.05, 0.1) is 5.38 Å². The van der Waals surface area contributed by atoms with Crippen molar-refractivity contribution < 1.29 is 9.26 Å². The highest BCUT2D eigenvalue weighted by Crippen LogP contribution is 2.20. The Morgan fingerprint density at radius 2 is 2.29 bits per heavy atom. The average molecular weight is 219 g/mol. The van der Waals surface area contributed by atoms with Crippen molar-refractivity contribution in [1.82, 2.24) is 10.1 Å². The Hall–Kier alpha value is -0.610. The number of nitrogens with zero attached hydrogens (tertiary/aromatic N) is 2. The van der Waals surface area contributed by atoms with E-state index in [4.69, 9.17) is 20.9 Å². The minimum absolute atomic E-state index is 0.168. The maximum atomic E-state index is 5.94. The Kier molecular flexibility index (Phi) is 4.90. The van der Waals surface area contributed by atoms with E-state index in [2.05, 4.69) is 10.1 Å². The van der Waals surface area contributed by atoms with Crippen molar-refractivity contribution in [1.29, 1.82) is 0 Å². The summed E-state index contributed by atoms with van der Waals surface area (Å²) in [4.78, 5) is 4.12. The highest BCUT2D eigenvalue weighted by Gasteiger charge is 2.13. The molecule has 1 aromatic rings. The molecule has 5 heteroatoms. The molecule has 0 amide bonds. The normalized spacial score (nSPS) is 13.1. The Bertz CT molecular complexity index is 265. The molecule has 0 spiro atoms. The molecule has 80 valence electrons. The summed E-state index contributed by atoms with van der Waals surface area (Å²) < 4.78 is 10.2. The maximum absolute atomic E-state index is 5.94. The molecule has 1 aromatic heterocycles. The molecular weight excluding hydrogens is 204 g/mol. The third-order valence-corrected chi connectivity index (χ3v) is 2.20. The molecule has 0 saturated carbocycles. The lowest BCUT2D eigenvalue weighted by molar-refractivity contribution is 0.0981. The number of halogens is 1.